The average Bonchev–Trinajstić information content (AvgIpc) is 0.798. The Kier molecular flexibility index (Phi) is 23.0. The molecule has 4 unspecified atom stereocenters. The van der Waals surface area contributed by atoms with Crippen molar-refractivity contribution in [3.8, 4) is 0 Å². The molecule has 6 aliphatic rings. The zero-order valence-electron chi connectivity index (χ0n) is 55.0. The number of benzene rings is 4. The minimum Gasteiger partial charge on any atom is -0.378 e. The van der Waals surface area contributed by atoms with Crippen LogP contribution in [0.4, 0.5) is 20.2 Å². The van der Waals surface area contributed by atoms with Crippen LogP contribution in [0.15, 0.2) is 101 Å². The van der Waals surface area contributed by atoms with E-state index in [1.807, 2.05) is 95.2 Å². The van der Waals surface area contributed by atoms with Crippen LogP contribution < -0.4 is 9.80 Å². The van der Waals surface area contributed by atoms with E-state index < -0.39 is 52.3 Å². The Morgan fingerprint density at radius 3 is 1.52 bits per heavy atom. The van der Waals surface area contributed by atoms with Crippen molar-refractivity contribution < 1.29 is 42.5 Å². The van der Waals surface area contributed by atoms with E-state index >= 15 is 16.8 Å². The SMILES string of the molecule is CC1c2ccccc2CCN1S(=O)(=O)N1CCCN(CC2CCCC(C3CN(S(=O)(=O)N4CCCN(CC5CC(F)(F)C5)CCCN(S(=O)(=O)c5ccc(N(C)C)cc5)C[C@H](C)C4)Cc4ccc(Cl)cc43)C2)CCCN(S(=O)(=O)c2ccc(N(C)C)cc2)C[C@H](C)C1. The highest BCUT2D eigenvalue weighted by Gasteiger charge is 2.46. The van der Waals surface area contributed by atoms with Gasteiger partial charge in [0.25, 0.3) is 20.4 Å². The van der Waals surface area contributed by atoms with Crippen LogP contribution in [0.3, 0.4) is 0 Å². The molecule has 18 nitrogen and oxygen atoms in total. The first-order chi connectivity index (χ1) is 43.6. The topological polar surface area (TPSA) is 169 Å². The molecule has 2 saturated heterocycles. The Hall–Kier alpha value is -3.89. The Morgan fingerprint density at radius 1 is 0.511 bits per heavy atom. The molecular weight excluding hydrogens is 1270 g/mol. The molecule has 0 bridgehead atoms. The second-order valence-electron chi connectivity index (χ2n) is 27.9. The minimum absolute atomic E-state index is 0.0704. The van der Waals surface area contributed by atoms with Gasteiger partial charge in [0.2, 0.25) is 26.0 Å². The lowest BCUT2D eigenvalue weighted by molar-refractivity contribution is -0.116. The highest BCUT2D eigenvalue weighted by molar-refractivity contribution is 7.89. The number of fused-ring (bicyclic) bond motifs is 2. The number of halogens is 3. The van der Waals surface area contributed by atoms with E-state index in [0.29, 0.717) is 82.9 Å². The largest absolute Gasteiger partial charge is 0.378 e. The van der Waals surface area contributed by atoms with E-state index in [1.54, 1.807) is 65.8 Å². The van der Waals surface area contributed by atoms with E-state index in [0.717, 1.165) is 59.3 Å². The van der Waals surface area contributed by atoms with Gasteiger partial charge in [-0.2, -0.15) is 42.7 Å². The van der Waals surface area contributed by atoms with Gasteiger partial charge >= 0.3 is 0 Å². The normalized spacial score (nSPS) is 26.5. The molecule has 4 fully saturated rings. The molecule has 10 rings (SSSR count). The van der Waals surface area contributed by atoms with Gasteiger partial charge < -0.3 is 19.6 Å². The Morgan fingerprint density at radius 2 is 1.00 bits per heavy atom. The number of hydrogen-bond donors (Lipinski definition) is 0. The highest BCUT2D eigenvalue weighted by atomic mass is 35.5. The molecule has 2 saturated carbocycles. The second kappa shape index (κ2) is 29.8. The molecule has 2 aliphatic carbocycles. The summed E-state index contributed by atoms with van der Waals surface area (Å²) in [5, 5.41) is 0.573. The van der Waals surface area contributed by atoms with E-state index in [1.165, 1.54) is 8.61 Å². The van der Waals surface area contributed by atoms with Gasteiger partial charge in [0, 0.05) is 154 Å². The lowest BCUT2D eigenvalue weighted by atomic mass is 9.71. The molecule has 6 atom stereocenters. The zero-order chi connectivity index (χ0) is 65.9. The summed E-state index contributed by atoms with van der Waals surface area (Å²) in [5.74, 6) is -3.52. The standard InChI is InChI=1S/C67H99ClF2N10O8S4/c1-51-43-75(89(81,82)62-25-21-60(22-26-62)71(4)5)35-12-31-74(48-55-41-67(69,70)42-55)33-13-36-77(45-51)91(85,86)79-49-58-19-20-59(68)40-65(58)66(50-79)57-17-10-15-54(39-57)47-73-30-11-34-76(90(83,84)63-27-23-61(24-28-63)72(6)7)44-52(2)46-78(37-14-32-73)92(87,88)80-38-29-56-16-8-9-18-64(56)53(80)3/h8-9,16,18-28,40,51-55,57,66H,10-15,17,29-39,41-50H2,1-7H3/t51-,52-,53?,54?,57?,66?/m0/s1. The minimum atomic E-state index is -4.20. The smallest absolute Gasteiger partial charge is 0.282 e. The van der Waals surface area contributed by atoms with Crippen molar-refractivity contribution in [1.29, 1.82) is 0 Å². The number of alkyl halides is 2. The maximum absolute atomic E-state index is 15.6. The number of rotatable bonds is 15. The second-order valence-corrected chi connectivity index (χ2v) is 36.0. The first kappa shape index (κ1) is 70.9. The first-order valence-electron chi connectivity index (χ1n) is 33.3. The van der Waals surface area contributed by atoms with Crippen molar-refractivity contribution in [3.63, 3.8) is 0 Å². The van der Waals surface area contributed by atoms with Crippen LogP contribution in [0.1, 0.15) is 119 Å². The molecule has 0 N–H and O–H groups in total. The third-order valence-corrected chi connectivity index (χ3v) is 28.2. The molecule has 0 spiro atoms. The lowest BCUT2D eigenvalue weighted by Crippen LogP contribution is -2.51. The van der Waals surface area contributed by atoms with Crippen LogP contribution in [0.5, 0.6) is 0 Å². The van der Waals surface area contributed by atoms with Crippen molar-refractivity contribution in [2.45, 2.75) is 126 Å². The fourth-order valence-electron chi connectivity index (χ4n) is 15.4. The summed E-state index contributed by atoms with van der Waals surface area (Å²) in [7, 11) is -8.63. The number of anilines is 2. The third-order valence-electron chi connectivity index (χ3n) is 20.2. The fourth-order valence-corrected chi connectivity index (χ4v) is 22.5. The quantitative estimate of drug-likeness (QED) is 0.111. The maximum Gasteiger partial charge on any atom is 0.282 e. The van der Waals surface area contributed by atoms with Gasteiger partial charge in [0.15, 0.2) is 0 Å². The Labute approximate surface area is 554 Å². The molecule has 0 amide bonds. The summed E-state index contributed by atoms with van der Waals surface area (Å²) in [6, 6.07) is 27.0. The summed E-state index contributed by atoms with van der Waals surface area (Å²) in [6.45, 7) is 11.1. The van der Waals surface area contributed by atoms with Crippen molar-refractivity contribution >= 4 is 63.4 Å². The van der Waals surface area contributed by atoms with Gasteiger partial charge in [-0.25, -0.2) is 25.6 Å². The average molecular weight is 1370 g/mol. The first-order valence-corrected chi connectivity index (χ1v) is 39.4. The van der Waals surface area contributed by atoms with E-state index in [9.17, 15) is 25.6 Å². The number of nitrogens with zero attached hydrogens (tertiary/aromatic N) is 10. The summed E-state index contributed by atoms with van der Waals surface area (Å²) in [6.07, 6.45) is 5.85. The molecule has 510 valence electrons. The molecule has 4 aromatic carbocycles. The maximum atomic E-state index is 15.6. The molecule has 4 aliphatic heterocycles. The molecule has 4 heterocycles. The van der Waals surface area contributed by atoms with Crippen molar-refractivity contribution in [2.24, 2.45) is 29.6 Å². The van der Waals surface area contributed by atoms with Crippen LogP contribution in [0.25, 0.3) is 0 Å². The van der Waals surface area contributed by atoms with Gasteiger partial charge in [-0.15, -0.1) is 0 Å². The van der Waals surface area contributed by atoms with Gasteiger partial charge in [0.1, 0.15) is 0 Å². The summed E-state index contributed by atoms with van der Waals surface area (Å²) in [5.41, 5.74) is 5.78. The summed E-state index contributed by atoms with van der Waals surface area (Å²) >= 11 is 6.82. The van der Waals surface area contributed by atoms with Crippen molar-refractivity contribution in [1.82, 2.24) is 35.6 Å². The van der Waals surface area contributed by atoms with E-state index in [2.05, 4.69) is 15.9 Å². The molecule has 92 heavy (non-hydrogen) atoms. The Bertz CT molecular complexity index is 3610. The van der Waals surface area contributed by atoms with Crippen LogP contribution in [-0.4, -0.2) is 208 Å². The number of hydrogen-bond acceptors (Lipinski definition) is 12. The molecule has 25 heteroatoms. The zero-order valence-corrected chi connectivity index (χ0v) is 59.0. The number of sulfonamides is 2. The Balaban J connectivity index is 0.883. The molecular formula is C67H99ClF2N10O8S4. The van der Waals surface area contributed by atoms with Crippen LogP contribution in [0.2, 0.25) is 5.02 Å². The third kappa shape index (κ3) is 16.7. The van der Waals surface area contributed by atoms with Crippen LogP contribution >= 0.6 is 11.6 Å². The summed E-state index contributed by atoms with van der Waals surface area (Å²) in [4.78, 5) is 8.66. The van der Waals surface area contributed by atoms with Crippen molar-refractivity contribution in [3.05, 3.63) is 118 Å². The highest BCUT2D eigenvalue weighted by Crippen LogP contribution is 2.46. The monoisotopic (exact) mass is 1370 g/mol. The van der Waals surface area contributed by atoms with E-state index in [-0.39, 0.29) is 124 Å². The van der Waals surface area contributed by atoms with Gasteiger partial charge in [-0.05, 0) is 197 Å². The van der Waals surface area contributed by atoms with E-state index in [4.69, 9.17) is 11.6 Å². The van der Waals surface area contributed by atoms with Gasteiger partial charge in [-0.1, -0.05) is 62.2 Å². The molecule has 0 radical (unpaired) electrons. The van der Waals surface area contributed by atoms with Crippen LogP contribution in [0, 0.1) is 29.6 Å². The summed E-state index contributed by atoms with van der Waals surface area (Å²) < 4.78 is 158. The van der Waals surface area contributed by atoms with Gasteiger partial charge in [0.05, 0.1) is 9.79 Å². The fraction of sp³-hybridized carbons (Fsp3) is 0.642. The molecule has 4 aromatic rings. The van der Waals surface area contributed by atoms with Crippen molar-refractivity contribution in [2.75, 3.05) is 143 Å². The van der Waals surface area contributed by atoms with Crippen LogP contribution in [-0.2, 0) is 53.4 Å². The lowest BCUT2D eigenvalue weighted by Gasteiger charge is -2.43. The molecule has 0 aromatic heterocycles. The predicted molar refractivity (Wildman–Crippen MR) is 363 cm³/mol. The van der Waals surface area contributed by atoms with Gasteiger partial charge in [-0.3, -0.25) is 0 Å². The predicted octanol–water partition coefficient (Wildman–Crippen LogP) is 9.78.